The average molecular weight is 390 g/mol. The van der Waals surface area contributed by atoms with Gasteiger partial charge in [-0.15, -0.1) is 0 Å². The highest BCUT2D eigenvalue weighted by atomic mass is 79.9. The average Bonchev–Trinajstić information content (AvgIpc) is 2.57. The number of benzene rings is 1. The van der Waals surface area contributed by atoms with Crippen LogP contribution in [-0.2, 0) is 6.42 Å². The number of aromatic nitrogens is 3. The van der Waals surface area contributed by atoms with Crippen molar-refractivity contribution < 1.29 is 9.18 Å². The Morgan fingerprint density at radius 2 is 2.04 bits per heavy atom. The fraction of sp³-hybridized carbons (Fsp3) is 0.125. The van der Waals surface area contributed by atoms with Gasteiger partial charge >= 0.3 is 0 Å². The second-order valence-corrected chi connectivity index (χ2v) is 5.92. The lowest BCUT2D eigenvalue weighted by Crippen LogP contribution is -2.13. The first-order valence-corrected chi connectivity index (χ1v) is 7.93. The van der Waals surface area contributed by atoms with E-state index in [9.17, 15) is 9.18 Å². The van der Waals surface area contributed by atoms with Crippen LogP contribution < -0.4 is 11.1 Å². The smallest absolute Gasteiger partial charge is 0.251 e. The van der Waals surface area contributed by atoms with E-state index in [0.717, 1.165) is 5.56 Å². The zero-order valence-electron chi connectivity index (χ0n) is 12.5. The van der Waals surface area contributed by atoms with Crippen LogP contribution in [0.3, 0.4) is 0 Å². The fourth-order valence-electron chi connectivity index (χ4n) is 2.31. The van der Waals surface area contributed by atoms with Gasteiger partial charge in [-0.1, -0.05) is 6.07 Å². The van der Waals surface area contributed by atoms with Crippen molar-refractivity contribution in [2.24, 2.45) is 5.73 Å². The number of primary amides is 1. The van der Waals surface area contributed by atoms with Gasteiger partial charge in [-0.05, 0) is 46.1 Å². The Hall–Kier alpha value is -2.61. The Kier molecular flexibility index (Phi) is 4.66. The molecule has 0 aliphatic rings. The van der Waals surface area contributed by atoms with E-state index in [1.54, 1.807) is 12.1 Å². The first kappa shape index (κ1) is 16.3. The molecular weight excluding hydrogens is 377 g/mol. The third-order valence-electron chi connectivity index (χ3n) is 3.48. The number of amides is 1. The largest absolute Gasteiger partial charge is 0.368 e. The summed E-state index contributed by atoms with van der Waals surface area (Å²) in [5.41, 5.74) is 7.51. The van der Waals surface area contributed by atoms with E-state index in [-0.39, 0.29) is 5.82 Å². The molecule has 3 aromatic rings. The van der Waals surface area contributed by atoms with Crippen molar-refractivity contribution in [2.75, 3.05) is 11.9 Å². The number of carbonyl (C=O) groups is 1. The molecule has 122 valence electrons. The van der Waals surface area contributed by atoms with Gasteiger partial charge in [0.25, 0.3) is 5.91 Å². The summed E-state index contributed by atoms with van der Waals surface area (Å²) < 4.78 is 13.7. The highest BCUT2D eigenvalue weighted by molar-refractivity contribution is 9.10. The van der Waals surface area contributed by atoms with Gasteiger partial charge in [0, 0.05) is 12.7 Å². The second-order valence-electron chi connectivity index (χ2n) is 5.07. The lowest BCUT2D eigenvalue weighted by atomic mass is 10.1. The number of hydrogen-bond acceptors (Lipinski definition) is 5. The van der Waals surface area contributed by atoms with E-state index in [1.165, 1.54) is 24.7 Å². The quantitative estimate of drug-likeness (QED) is 0.699. The second kappa shape index (κ2) is 6.88. The van der Waals surface area contributed by atoms with Crippen molar-refractivity contribution in [3.8, 4) is 0 Å². The molecule has 1 amide bonds. The van der Waals surface area contributed by atoms with Gasteiger partial charge in [-0.25, -0.2) is 14.4 Å². The molecule has 1 aromatic carbocycles. The van der Waals surface area contributed by atoms with Crippen LogP contribution in [0.15, 0.2) is 41.3 Å². The van der Waals surface area contributed by atoms with E-state index < -0.39 is 5.91 Å². The summed E-state index contributed by atoms with van der Waals surface area (Å²) in [5, 5.41) is 3.16. The monoisotopic (exact) mass is 389 g/mol. The molecule has 0 radical (unpaired) electrons. The van der Waals surface area contributed by atoms with Crippen LogP contribution in [0.2, 0.25) is 0 Å². The fourth-order valence-corrected chi connectivity index (χ4v) is 2.74. The summed E-state index contributed by atoms with van der Waals surface area (Å²) in [7, 11) is 0. The Labute approximate surface area is 145 Å². The molecule has 0 saturated carbocycles. The number of nitrogens with one attached hydrogen (secondary N) is 1. The summed E-state index contributed by atoms with van der Waals surface area (Å²) in [6.07, 6.45) is 3.52. The molecule has 0 unspecified atom stereocenters. The number of hydrogen-bond donors (Lipinski definition) is 2. The molecule has 0 spiro atoms. The number of pyridine rings is 1. The van der Waals surface area contributed by atoms with Crippen molar-refractivity contribution in [1.82, 2.24) is 15.0 Å². The molecule has 3 rings (SSSR count). The third kappa shape index (κ3) is 3.33. The number of nitrogens with zero attached hydrogens (tertiary/aromatic N) is 3. The van der Waals surface area contributed by atoms with Gasteiger partial charge in [-0.3, -0.25) is 9.78 Å². The van der Waals surface area contributed by atoms with Gasteiger partial charge in [0.1, 0.15) is 23.2 Å². The SMILES string of the molecule is NC(=O)c1ccnc2c(NCCc3ccc(F)c(Br)c3)ncnc12. The van der Waals surface area contributed by atoms with Crippen molar-refractivity contribution in [3.63, 3.8) is 0 Å². The van der Waals surface area contributed by atoms with Gasteiger partial charge in [0.05, 0.1) is 10.0 Å². The maximum absolute atomic E-state index is 13.2. The normalized spacial score (nSPS) is 10.8. The number of halogens is 2. The Balaban J connectivity index is 1.79. The predicted octanol–water partition coefficient (Wildman–Crippen LogP) is 2.68. The number of fused-ring (bicyclic) bond motifs is 1. The summed E-state index contributed by atoms with van der Waals surface area (Å²) in [6, 6.07) is 6.40. The zero-order valence-corrected chi connectivity index (χ0v) is 14.0. The Morgan fingerprint density at radius 3 is 2.79 bits per heavy atom. The zero-order chi connectivity index (χ0) is 17.1. The van der Waals surface area contributed by atoms with Crippen LogP contribution in [0.1, 0.15) is 15.9 Å². The van der Waals surface area contributed by atoms with E-state index in [0.29, 0.717) is 39.9 Å². The van der Waals surface area contributed by atoms with Gasteiger partial charge in [-0.2, -0.15) is 0 Å². The van der Waals surface area contributed by atoms with E-state index in [4.69, 9.17) is 5.73 Å². The first-order valence-electron chi connectivity index (χ1n) is 7.13. The van der Waals surface area contributed by atoms with Crippen LogP contribution in [0.25, 0.3) is 11.0 Å². The molecule has 0 atom stereocenters. The lowest BCUT2D eigenvalue weighted by molar-refractivity contribution is 0.100. The van der Waals surface area contributed by atoms with Crippen molar-refractivity contribution in [2.45, 2.75) is 6.42 Å². The molecule has 3 N–H and O–H groups in total. The van der Waals surface area contributed by atoms with Gasteiger partial charge < -0.3 is 11.1 Å². The summed E-state index contributed by atoms with van der Waals surface area (Å²) in [4.78, 5) is 23.9. The van der Waals surface area contributed by atoms with Crippen molar-refractivity contribution in [3.05, 3.63) is 58.2 Å². The molecule has 0 bridgehead atoms. The number of rotatable bonds is 5. The van der Waals surface area contributed by atoms with Crippen LogP contribution in [-0.4, -0.2) is 27.4 Å². The van der Waals surface area contributed by atoms with Crippen LogP contribution in [0.5, 0.6) is 0 Å². The van der Waals surface area contributed by atoms with Crippen LogP contribution >= 0.6 is 15.9 Å². The number of carbonyl (C=O) groups excluding carboxylic acids is 1. The minimum atomic E-state index is -0.566. The molecule has 24 heavy (non-hydrogen) atoms. The molecule has 8 heteroatoms. The Morgan fingerprint density at radius 1 is 1.21 bits per heavy atom. The summed E-state index contributed by atoms with van der Waals surface area (Å²) in [6.45, 7) is 0.562. The maximum atomic E-state index is 13.2. The van der Waals surface area contributed by atoms with E-state index in [2.05, 4.69) is 36.2 Å². The molecule has 2 aromatic heterocycles. The maximum Gasteiger partial charge on any atom is 0.251 e. The lowest BCUT2D eigenvalue weighted by Gasteiger charge is -2.09. The number of nitrogens with two attached hydrogens (primary N) is 1. The van der Waals surface area contributed by atoms with Crippen LogP contribution in [0, 0.1) is 5.82 Å². The van der Waals surface area contributed by atoms with Crippen molar-refractivity contribution in [1.29, 1.82) is 0 Å². The highest BCUT2D eigenvalue weighted by Crippen LogP contribution is 2.20. The minimum Gasteiger partial charge on any atom is -0.368 e. The van der Waals surface area contributed by atoms with Gasteiger partial charge in [0.15, 0.2) is 5.82 Å². The van der Waals surface area contributed by atoms with Gasteiger partial charge in [0.2, 0.25) is 0 Å². The van der Waals surface area contributed by atoms with E-state index >= 15 is 0 Å². The minimum absolute atomic E-state index is 0.295. The molecule has 2 heterocycles. The highest BCUT2D eigenvalue weighted by Gasteiger charge is 2.12. The standard InChI is InChI=1S/C16H13BrFN5O/c17-11-7-9(1-2-12(11)18)3-5-21-16-14-13(22-8-23-16)10(15(19)24)4-6-20-14/h1-2,4,6-8H,3,5H2,(H2,19,24)(H,21,22,23). The molecule has 0 fully saturated rings. The first-order chi connectivity index (χ1) is 11.6. The molecule has 6 nitrogen and oxygen atoms in total. The summed E-state index contributed by atoms with van der Waals surface area (Å²) >= 11 is 3.17. The molecular formula is C16H13BrFN5O. The van der Waals surface area contributed by atoms with E-state index in [1.807, 2.05) is 0 Å². The predicted molar refractivity (Wildman–Crippen MR) is 92.1 cm³/mol. The number of anilines is 1. The Bertz CT molecular complexity index is 918. The molecule has 0 aliphatic heterocycles. The van der Waals surface area contributed by atoms with Crippen LogP contribution in [0.4, 0.5) is 10.2 Å². The summed E-state index contributed by atoms with van der Waals surface area (Å²) in [5.74, 6) is -0.343. The van der Waals surface area contributed by atoms with Crippen molar-refractivity contribution >= 4 is 38.7 Å². The molecule has 0 saturated heterocycles. The molecule has 0 aliphatic carbocycles. The third-order valence-corrected chi connectivity index (χ3v) is 4.09. The topological polar surface area (TPSA) is 93.8 Å².